The van der Waals surface area contributed by atoms with Crippen LogP contribution in [-0.4, -0.2) is 44.6 Å². The van der Waals surface area contributed by atoms with Crippen molar-refractivity contribution in [1.29, 1.82) is 0 Å². The third kappa shape index (κ3) is 4.85. The van der Waals surface area contributed by atoms with Gasteiger partial charge in [0.25, 0.3) is 11.8 Å². The molecule has 0 aromatic heterocycles. The third-order valence-corrected chi connectivity index (χ3v) is 4.64. The van der Waals surface area contributed by atoms with Gasteiger partial charge < -0.3 is 14.4 Å². The number of rotatable bonds is 7. The highest BCUT2D eigenvalue weighted by atomic mass is 16.6. The number of hydrogen-bond donors (Lipinski definition) is 1. The lowest BCUT2D eigenvalue weighted by Crippen LogP contribution is -2.35. The van der Waals surface area contributed by atoms with E-state index in [2.05, 4.69) is 5.43 Å². The van der Waals surface area contributed by atoms with E-state index in [0.717, 1.165) is 5.69 Å². The van der Waals surface area contributed by atoms with Crippen LogP contribution in [0.25, 0.3) is 6.08 Å². The molecular weight excluding hydrogens is 398 g/mol. The minimum atomic E-state index is -0.858. The maximum Gasteiger partial charge on any atom is 0.347 e. The molecule has 1 heterocycles. The first-order valence-electron chi connectivity index (χ1n) is 9.88. The molecule has 0 bridgehead atoms. The first-order chi connectivity index (χ1) is 14.8. The van der Waals surface area contributed by atoms with Crippen molar-refractivity contribution in [2.75, 3.05) is 30.6 Å². The van der Waals surface area contributed by atoms with Crippen molar-refractivity contribution in [3.05, 3.63) is 59.7 Å². The summed E-state index contributed by atoms with van der Waals surface area (Å²) >= 11 is 0. The van der Waals surface area contributed by atoms with E-state index in [1.165, 1.54) is 11.1 Å². The molecule has 1 atom stereocenters. The third-order valence-electron chi connectivity index (χ3n) is 4.64. The van der Waals surface area contributed by atoms with Crippen molar-refractivity contribution in [3.8, 4) is 5.75 Å². The van der Waals surface area contributed by atoms with Crippen LogP contribution < -0.4 is 20.1 Å². The zero-order valence-corrected chi connectivity index (χ0v) is 17.9. The molecule has 162 valence electrons. The molecule has 2 aromatic rings. The number of para-hydroxylation sites is 1. The van der Waals surface area contributed by atoms with E-state index in [-0.39, 0.29) is 12.2 Å². The molecule has 1 saturated heterocycles. The number of hydrazine groups is 1. The maximum atomic E-state index is 12.9. The Kier molecular flexibility index (Phi) is 6.59. The Balaban J connectivity index is 1.96. The predicted molar refractivity (Wildman–Crippen MR) is 118 cm³/mol. The second-order valence-electron chi connectivity index (χ2n) is 7.10. The van der Waals surface area contributed by atoms with Gasteiger partial charge in [0.05, 0.1) is 12.3 Å². The summed E-state index contributed by atoms with van der Waals surface area (Å²) in [5.74, 6) is -1.13. The fourth-order valence-electron chi connectivity index (χ4n) is 2.99. The molecule has 2 aromatic carbocycles. The van der Waals surface area contributed by atoms with Crippen LogP contribution in [0.2, 0.25) is 0 Å². The molecular formula is C23H25N3O5. The van der Waals surface area contributed by atoms with Gasteiger partial charge in [-0.15, -0.1) is 0 Å². The van der Waals surface area contributed by atoms with Crippen LogP contribution >= 0.6 is 0 Å². The Bertz CT molecular complexity index is 1020. The van der Waals surface area contributed by atoms with Crippen LogP contribution in [0.5, 0.6) is 5.75 Å². The number of nitrogens with zero attached hydrogens (tertiary/aromatic N) is 2. The maximum absolute atomic E-state index is 12.9. The van der Waals surface area contributed by atoms with Crippen molar-refractivity contribution >= 4 is 35.2 Å². The molecule has 31 heavy (non-hydrogen) atoms. The van der Waals surface area contributed by atoms with Crippen molar-refractivity contribution in [2.45, 2.75) is 20.0 Å². The molecule has 1 fully saturated rings. The number of ether oxygens (including phenoxy) is 2. The second kappa shape index (κ2) is 9.34. The molecule has 0 spiro atoms. The molecule has 1 N–H and O–H groups in total. The van der Waals surface area contributed by atoms with Gasteiger partial charge in [-0.05, 0) is 44.2 Å². The topological polar surface area (TPSA) is 88.2 Å². The van der Waals surface area contributed by atoms with Gasteiger partial charge in [-0.3, -0.25) is 15.0 Å². The van der Waals surface area contributed by atoms with Crippen LogP contribution in [0.15, 0.2) is 54.1 Å². The number of esters is 1. The van der Waals surface area contributed by atoms with Crippen molar-refractivity contribution < 1.29 is 23.9 Å². The number of anilines is 2. The molecule has 1 aliphatic rings. The lowest BCUT2D eigenvalue weighted by Gasteiger charge is -2.19. The first kappa shape index (κ1) is 21.9. The molecule has 2 amide bonds. The highest BCUT2D eigenvalue weighted by Crippen LogP contribution is 2.30. The molecule has 8 heteroatoms. The van der Waals surface area contributed by atoms with Crippen LogP contribution in [-0.2, 0) is 19.1 Å². The Morgan fingerprint density at radius 2 is 1.87 bits per heavy atom. The Morgan fingerprint density at radius 1 is 1.16 bits per heavy atom. The number of nitrogens with one attached hydrogen (secondary N) is 1. The second-order valence-corrected chi connectivity index (χ2v) is 7.10. The number of amides is 2. The highest BCUT2D eigenvalue weighted by Gasteiger charge is 2.34. The molecule has 0 aliphatic carbocycles. The van der Waals surface area contributed by atoms with E-state index in [9.17, 15) is 14.4 Å². The van der Waals surface area contributed by atoms with Crippen LogP contribution in [0, 0.1) is 0 Å². The number of benzene rings is 2. The van der Waals surface area contributed by atoms with Crippen molar-refractivity contribution in [2.24, 2.45) is 0 Å². The smallest absolute Gasteiger partial charge is 0.347 e. The monoisotopic (exact) mass is 423 g/mol. The quantitative estimate of drug-likeness (QED) is 0.418. The minimum Gasteiger partial charge on any atom is -0.478 e. The summed E-state index contributed by atoms with van der Waals surface area (Å²) in [6, 6.07) is 14.1. The van der Waals surface area contributed by atoms with Gasteiger partial charge in [0, 0.05) is 31.4 Å². The number of carbonyl (C=O) groups excluding carboxylic acids is 3. The lowest BCUT2D eigenvalue weighted by atomic mass is 10.1. The molecule has 1 aliphatic heterocycles. The predicted octanol–water partition coefficient (Wildman–Crippen LogP) is 2.54. The number of hydrogen-bond acceptors (Lipinski definition) is 6. The van der Waals surface area contributed by atoms with E-state index >= 15 is 0 Å². The van der Waals surface area contributed by atoms with E-state index in [1.807, 2.05) is 31.1 Å². The molecule has 8 nitrogen and oxygen atoms in total. The largest absolute Gasteiger partial charge is 0.478 e. The minimum absolute atomic E-state index is 0.0323. The van der Waals surface area contributed by atoms with E-state index < -0.39 is 23.9 Å². The van der Waals surface area contributed by atoms with Gasteiger partial charge in [-0.2, -0.15) is 0 Å². The Morgan fingerprint density at radius 3 is 2.52 bits per heavy atom. The summed E-state index contributed by atoms with van der Waals surface area (Å²) in [6.45, 7) is 3.54. The fraction of sp³-hybridized carbons (Fsp3) is 0.261. The summed E-state index contributed by atoms with van der Waals surface area (Å²) in [5.41, 5.74) is 4.42. The van der Waals surface area contributed by atoms with Crippen molar-refractivity contribution in [1.82, 2.24) is 5.43 Å². The zero-order chi connectivity index (χ0) is 22.5. The Labute approximate surface area is 181 Å². The van der Waals surface area contributed by atoms with E-state index in [1.54, 1.807) is 50.2 Å². The van der Waals surface area contributed by atoms with E-state index in [0.29, 0.717) is 17.0 Å². The zero-order valence-electron chi connectivity index (χ0n) is 17.9. The van der Waals surface area contributed by atoms with Crippen LogP contribution in [0.3, 0.4) is 0 Å². The average Bonchev–Trinajstić information content (AvgIpc) is 3.03. The SMILES string of the molecule is CCOC(=O)C(C)Oc1cc(N(C)C)ccc1C=C1C(=O)NN(c2ccccc2)C1=O. The number of carbonyl (C=O) groups is 3. The van der Waals surface area contributed by atoms with Crippen molar-refractivity contribution in [3.63, 3.8) is 0 Å². The summed E-state index contributed by atoms with van der Waals surface area (Å²) < 4.78 is 10.8. The normalized spacial score (nSPS) is 15.6. The van der Waals surface area contributed by atoms with Gasteiger partial charge in [0.2, 0.25) is 0 Å². The van der Waals surface area contributed by atoms with Gasteiger partial charge in [-0.25, -0.2) is 9.80 Å². The summed E-state index contributed by atoms with van der Waals surface area (Å²) in [4.78, 5) is 39.3. The first-order valence-corrected chi connectivity index (χ1v) is 9.88. The van der Waals surface area contributed by atoms with E-state index in [4.69, 9.17) is 9.47 Å². The lowest BCUT2D eigenvalue weighted by molar-refractivity contribution is -0.150. The standard InChI is InChI=1S/C23H25N3O5/c1-5-30-23(29)15(2)31-20-14-18(25(3)4)12-11-16(20)13-19-21(27)24-26(22(19)28)17-9-7-6-8-10-17/h6-15H,5H2,1-4H3,(H,24,27). The highest BCUT2D eigenvalue weighted by molar-refractivity contribution is 6.31. The molecule has 0 radical (unpaired) electrons. The molecule has 3 rings (SSSR count). The van der Waals surface area contributed by atoms with Crippen LogP contribution in [0.1, 0.15) is 19.4 Å². The van der Waals surface area contributed by atoms with Gasteiger partial charge in [-0.1, -0.05) is 18.2 Å². The van der Waals surface area contributed by atoms with Crippen LogP contribution in [0.4, 0.5) is 11.4 Å². The van der Waals surface area contributed by atoms with Gasteiger partial charge >= 0.3 is 5.97 Å². The van der Waals surface area contributed by atoms with Gasteiger partial charge in [0.15, 0.2) is 6.10 Å². The Hall–Kier alpha value is -3.81. The average molecular weight is 423 g/mol. The fourth-order valence-corrected chi connectivity index (χ4v) is 2.99. The molecule has 0 saturated carbocycles. The molecule has 1 unspecified atom stereocenters. The summed E-state index contributed by atoms with van der Waals surface area (Å²) in [7, 11) is 3.75. The summed E-state index contributed by atoms with van der Waals surface area (Å²) in [5, 5.41) is 1.20. The van der Waals surface area contributed by atoms with Gasteiger partial charge in [0.1, 0.15) is 11.3 Å². The summed E-state index contributed by atoms with van der Waals surface area (Å²) in [6.07, 6.45) is 0.608.